The van der Waals surface area contributed by atoms with Crippen LogP contribution >= 0.6 is 0 Å². The van der Waals surface area contributed by atoms with Crippen molar-refractivity contribution >= 4 is 25.7 Å². The van der Waals surface area contributed by atoms with Crippen LogP contribution in [0.5, 0.6) is 0 Å². The Morgan fingerprint density at radius 1 is 1.00 bits per heavy atom. The molecule has 3 unspecified atom stereocenters. The zero-order valence-corrected chi connectivity index (χ0v) is 27.6. The molecule has 4 rings (SSSR count). The molecule has 1 aliphatic carbocycles. The lowest BCUT2D eigenvalue weighted by Crippen LogP contribution is -2.63. The summed E-state index contributed by atoms with van der Waals surface area (Å²) < 4.78 is 17.3. The minimum atomic E-state index is -1.26. The van der Waals surface area contributed by atoms with Crippen LogP contribution in [0.4, 0.5) is 4.79 Å². The number of carboxylic acids is 1. The zero-order valence-electron chi connectivity index (χ0n) is 27.6. The number of aliphatic carboxylic acids is 1. The Labute approximate surface area is 268 Å². The average molecular weight is 620 g/mol. The van der Waals surface area contributed by atoms with Crippen LogP contribution in [0.2, 0.25) is 0 Å². The fourth-order valence-electron chi connectivity index (χ4n) is 7.15. The fraction of sp³-hybridized carbons (Fsp3) is 0.571. The van der Waals surface area contributed by atoms with Gasteiger partial charge in [0.1, 0.15) is 18.1 Å². The fourth-order valence-corrected chi connectivity index (χ4v) is 7.15. The molecule has 1 radical (unpaired) electrons. The molecule has 3 N–H and O–H groups in total. The highest BCUT2D eigenvalue weighted by atomic mass is 16.7. The molecule has 1 heterocycles. The largest absolute Gasteiger partial charge is 0.489 e. The second-order valence-electron chi connectivity index (χ2n) is 13.5. The van der Waals surface area contributed by atoms with Gasteiger partial charge in [-0.2, -0.15) is 0 Å². The lowest BCUT2D eigenvalue weighted by Gasteiger charge is -2.52. The van der Waals surface area contributed by atoms with Crippen molar-refractivity contribution in [2.75, 3.05) is 13.2 Å². The molecular weight excluding hydrogens is 571 g/mol. The van der Waals surface area contributed by atoms with Crippen molar-refractivity contribution in [3.8, 4) is 11.1 Å². The highest BCUT2D eigenvalue weighted by Gasteiger charge is 2.66. The number of hydrogen-bond acceptors (Lipinski definition) is 6. The minimum absolute atomic E-state index is 0.0841. The summed E-state index contributed by atoms with van der Waals surface area (Å²) in [6.07, 6.45) is 1.08. The minimum Gasteiger partial charge on any atom is -0.481 e. The molecule has 2 aromatic rings. The number of carboxylic acid groups (broad SMARTS) is 1. The molecule has 1 fully saturated rings. The van der Waals surface area contributed by atoms with Crippen molar-refractivity contribution in [3.05, 3.63) is 59.7 Å². The van der Waals surface area contributed by atoms with Gasteiger partial charge in [0.05, 0.1) is 11.2 Å². The van der Waals surface area contributed by atoms with Crippen LogP contribution in [-0.2, 0) is 23.6 Å². The van der Waals surface area contributed by atoms with E-state index in [1.807, 2.05) is 65.8 Å². The first kappa shape index (κ1) is 34.5. The maximum atomic E-state index is 13.3. The number of alkyl carbamates (subject to hydrolysis) is 1. The van der Waals surface area contributed by atoms with Crippen LogP contribution in [0.25, 0.3) is 11.1 Å². The third-order valence-electron chi connectivity index (χ3n) is 10.2. The zero-order chi connectivity index (χ0) is 33.0. The topological polar surface area (TPSA) is 123 Å². The third kappa shape index (κ3) is 6.63. The molecule has 4 atom stereocenters. The van der Waals surface area contributed by atoms with Crippen molar-refractivity contribution in [3.63, 3.8) is 0 Å². The number of fused-ring (bicyclic) bond motifs is 3. The highest BCUT2D eigenvalue weighted by molar-refractivity contribution is 6.19. The highest BCUT2D eigenvalue weighted by Crippen LogP contribution is 2.54. The Bertz CT molecular complexity index is 1340. The maximum absolute atomic E-state index is 13.3. The Kier molecular flexibility index (Phi) is 10.7. The molecule has 0 spiro atoms. The molecule has 2 aromatic carbocycles. The van der Waals surface area contributed by atoms with E-state index in [9.17, 15) is 19.5 Å². The van der Waals surface area contributed by atoms with Crippen LogP contribution in [0.15, 0.2) is 48.5 Å². The number of benzene rings is 2. The molecule has 10 heteroatoms. The van der Waals surface area contributed by atoms with Crippen LogP contribution in [0.1, 0.15) is 91.2 Å². The molecule has 1 saturated heterocycles. The third-order valence-corrected chi connectivity index (χ3v) is 10.2. The summed E-state index contributed by atoms with van der Waals surface area (Å²) in [5.74, 6) is -1.46. The number of rotatable bonds is 14. The smallest absolute Gasteiger partial charge is 0.481 e. The normalized spacial score (nSPS) is 21.2. The first-order chi connectivity index (χ1) is 21.3. The van der Waals surface area contributed by atoms with Crippen LogP contribution in [0, 0.1) is 17.3 Å². The predicted molar refractivity (Wildman–Crippen MR) is 174 cm³/mol. The monoisotopic (exact) mass is 619 g/mol. The van der Waals surface area contributed by atoms with Crippen molar-refractivity contribution in [2.24, 2.45) is 17.3 Å². The second-order valence-corrected chi connectivity index (χ2v) is 13.5. The van der Waals surface area contributed by atoms with Crippen molar-refractivity contribution in [1.82, 2.24) is 10.6 Å². The van der Waals surface area contributed by atoms with E-state index in [-0.39, 0.29) is 43.2 Å². The standard InChI is InChI=1S/C35H48BN2O7/c1-8-23(4)35(31(40)41,34(7)33(5,6)44-36-45-34)18-13-19-37-30(39)29(20-22(2)3)38-32(42)43-21-28-26-16-11-9-14-24(26)25-15-10-12-17-27(25)28/h9-12,14-17,22-23,28-29H,8,13,18-21H2,1-7H3,(H,37,39)(H,38,42)(H,40,41)/t23?,29-,34?,35?/m0/s1. The summed E-state index contributed by atoms with van der Waals surface area (Å²) in [6, 6.07) is 15.5. The Balaban J connectivity index is 1.38. The van der Waals surface area contributed by atoms with Crippen molar-refractivity contribution < 1.29 is 33.5 Å². The predicted octanol–water partition coefficient (Wildman–Crippen LogP) is 6.07. The van der Waals surface area contributed by atoms with Gasteiger partial charge in [0.25, 0.3) is 0 Å². The molecule has 1 aliphatic heterocycles. The first-order valence-corrected chi connectivity index (χ1v) is 16.1. The number of hydrogen-bond donors (Lipinski definition) is 3. The van der Waals surface area contributed by atoms with E-state index in [1.54, 1.807) is 6.92 Å². The summed E-state index contributed by atoms with van der Waals surface area (Å²) >= 11 is 0. The second kappa shape index (κ2) is 14.0. The lowest BCUT2D eigenvalue weighted by atomic mass is 9.57. The van der Waals surface area contributed by atoms with Crippen molar-refractivity contribution in [1.29, 1.82) is 0 Å². The molecule has 0 bridgehead atoms. The molecular formula is C35H48BN2O7. The summed E-state index contributed by atoms with van der Waals surface area (Å²) in [4.78, 5) is 39.3. The molecule has 243 valence electrons. The molecule has 0 aromatic heterocycles. The van der Waals surface area contributed by atoms with E-state index < -0.39 is 34.7 Å². The van der Waals surface area contributed by atoms with E-state index in [4.69, 9.17) is 14.0 Å². The Morgan fingerprint density at radius 3 is 2.11 bits per heavy atom. The SMILES string of the molecule is CCC(C)C(CCCNC(=O)[C@H](CC(C)C)NC(=O)OCC1c2ccccc2-c2ccccc21)(C(=O)O)C1(C)O[B]OC1(C)C. The van der Waals surface area contributed by atoms with E-state index in [0.717, 1.165) is 22.3 Å². The van der Waals surface area contributed by atoms with Gasteiger partial charge in [-0.05, 0) is 74.1 Å². The molecule has 2 aliphatic rings. The Hall–Kier alpha value is -3.37. The van der Waals surface area contributed by atoms with Gasteiger partial charge in [0, 0.05) is 12.5 Å². The molecule has 0 saturated carbocycles. The van der Waals surface area contributed by atoms with Gasteiger partial charge in [-0.1, -0.05) is 82.6 Å². The number of carbonyl (C=O) groups is 3. The van der Waals surface area contributed by atoms with E-state index in [0.29, 0.717) is 19.3 Å². The Morgan fingerprint density at radius 2 is 1.60 bits per heavy atom. The van der Waals surface area contributed by atoms with Gasteiger partial charge in [-0.3, -0.25) is 9.59 Å². The van der Waals surface area contributed by atoms with E-state index >= 15 is 0 Å². The summed E-state index contributed by atoms with van der Waals surface area (Å²) in [6.45, 7) is 13.7. The summed E-state index contributed by atoms with van der Waals surface area (Å²) in [7, 11) is 1.24. The lowest BCUT2D eigenvalue weighted by molar-refractivity contribution is -0.186. The number of amides is 2. The van der Waals surface area contributed by atoms with E-state index in [2.05, 4.69) is 34.9 Å². The van der Waals surface area contributed by atoms with Gasteiger partial charge in [0.2, 0.25) is 5.91 Å². The van der Waals surface area contributed by atoms with E-state index in [1.165, 1.54) is 7.69 Å². The maximum Gasteiger partial charge on any atom is 0.489 e. The van der Waals surface area contributed by atoms with Gasteiger partial charge in [-0.15, -0.1) is 0 Å². The molecule has 45 heavy (non-hydrogen) atoms. The quantitative estimate of drug-likeness (QED) is 0.173. The number of nitrogens with one attached hydrogen (secondary N) is 2. The van der Waals surface area contributed by atoms with Crippen LogP contribution in [0.3, 0.4) is 0 Å². The molecule has 2 amide bonds. The number of ether oxygens (including phenoxy) is 1. The first-order valence-electron chi connectivity index (χ1n) is 16.1. The summed E-state index contributed by atoms with van der Waals surface area (Å²) in [5.41, 5.74) is 1.25. The van der Waals surface area contributed by atoms with Crippen molar-refractivity contribution in [2.45, 2.75) is 97.3 Å². The van der Waals surface area contributed by atoms with Gasteiger partial charge >= 0.3 is 19.7 Å². The summed E-state index contributed by atoms with van der Waals surface area (Å²) in [5, 5.41) is 16.3. The van der Waals surface area contributed by atoms with Gasteiger partial charge in [0.15, 0.2) is 0 Å². The average Bonchev–Trinajstić information content (AvgIpc) is 3.47. The van der Waals surface area contributed by atoms with Gasteiger partial charge in [-0.25, -0.2) is 4.79 Å². The number of carbonyl (C=O) groups excluding carboxylic acids is 2. The van der Waals surface area contributed by atoms with Crippen LogP contribution < -0.4 is 10.6 Å². The van der Waals surface area contributed by atoms with Gasteiger partial charge < -0.3 is 29.8 Å². The molecule has 9 nitrogen and oxygen atoms in total. The van der Waals surface area contributed by atoms with Crippen LogP contribution in [-0.4, -0.2) is 61.2 Å².